The SMILES string of the molecule is CC(C)NCc1cccnc1-n1nnc2ccccc21. The number of rotatable bonds is 4. The van der Waals surface area contributed by atoms with Crippen LogP contribution in [0.1, 0.15) is 19.4 Å². The Morgan fingerprint density at radius 2 is 2.00 bits per heavy atom. The fourth-order valence-corrected chi connectivity index (χ4v) is 2.10. The van der Waals surface area contributed by atoms with Gasteiger partial charge in [-0.25, -0.2) is 4.98 Å². The monoisotopic (exact) mass is 267 g/mol. The predicted octanol–water partition coefficient (Wildman–Crippen LogP) is 2.31. The molecule has 20 heavy (non-hydrogen) atoms. The van der Waals surface area contributed by atoms with Crippen LogP contribution in [-0.2, 0) is 6.54 Å². The highest BCUT2D eigenvalue weighted by molar-refractivity contribution is 5.75. The maximum atomic E-state index is 4.47. The fourth-order valence-electron chi connectivity index (χ4n) is 2.10. The molecule has 5 heteroatoms. The van der Waals surface area contributed by atoms with E-state index < -0.39 is 0 Å². The van der Waals surface area contributed by atoms with Gasteiger partial charge in [-0.05, 0) is 18.2 Å². The second-order valence-electron chi connectivity index (χ2n) is 5.01. The van der Waals surface area contributed by atoms with Crippen molar-refractivity contribution < 1.29 is 0 Å². The third kappa shape index (κ3) is 2.40. The minimum Gasteiger partial charge on any atom is -0.310 e. The van der Waals surface area contributed by atoms with Gasteiger partial charge in [0.1, 0.15) is 5.52 Å². The van der Waals surface area contributed by atoms with Gasteiger partial charge in [-0.15, -0.1) is 5.10 Å². The van der Waals surface area contributed by atoms with E-state index in [2.05, 4.69) is 40.5 Å². The summed E-state index contributed by atoms with van der Waals surface area (Å²) in [7, 11) is 0. The standard InChI is InChI=1S/C15H17N5/c1-11(2)17-10-12-6-5-9-16-15(12)20-14-8-4-3-7-13(14)18-19-20/h3-9,11,17H,10H2,1-2H3. The number of hydrogen-bond acceptors (Lipinski definition) is 4. The number of pyridine rings is 1. The number of nitrogens with one attached hydrogen (secondary N) is 1. The molecule has 102 valence electrons. The summed E-state index contributed by atoms with van der Waals surface area (Å²) in [5.74, 6) is 0.828. The van der Waals surface area contributed by atoms with Crippen molar-refractivity contribution in [2.45, 2.75) is 26.4 Å². The first-order valence-corrected chi connectivity index (χ1v) is 6.74. The first-order chi connectivity index (χ1) is 9.75. The molecular weight excluding hydrogens is 250 g/mol. The highest BCUT2D eigenvalue weighted by Gasteiger charge is 2.11. The second kappa shape index (κ2) is 5.38. The maximum absolute atomic E-state index is 4.47. The molecule has 0 bridgehead atoms. The smallest absolute Gasteiger partial charge is 0.160 e. The van der Waals surface area contributed by atoms with Gasteiger partial charge in [-0.2, -0.15) is 4.68 Å². The van der Waals surface area contributed by atoms with Gasteiger partial charge in [-0.1, -0.05) is 37.3 Å². The van der Waals surface area contributed by atoms with Crippen LogP contribution in [0.25, 0.3) is 16.9 Å². The molecular formula is C15H17N5. The van der Waals surface area contributed by atoms with Gasteiger partial charge >= 0.3 is 0 Å². The molecule has 0 aliphatic heterocycles. The molecule has 1 aromatic carbocycles. The minimum absolute atomic E-state index is 0.426. The molecule has 0 saturated heterocycles. The van der Waals surface area contributed by atoms with Crippen LogP contribution < -0.4 is 5.32 Å². The van der Waals surface area contributed by atoms with Crippen molar-refractivity contribution >= 4 is 11.0 Å². The average molecular weight is 267 g/mol. The van der Waals surface area contributed by atoms with Crippen molar-refractivity contribution in [3.63, 3.8) is 0 Å². The van der Waals surface area contributed by atoms with Gasteiger partial charge in [0.15, 0.2) is 5.82 Å². The molecule has 0 radical (unpaired) electrons. The van der Waals surface area contributed by atoms with Gasteiger partial charge in [0.25, 0.3) is 0 Å². The molecule has 2 aromatic heterocycles. The molecule has 0 spiro atoms. The molecule has 0 saturated carbocycles. The number of para-hydroxylation sites is 1. The predicted molar refractivity (Wildman–Crippen MR) is 78.6 cm³/mol. The lowest BCUT2D eigenvalue weighted by molar-refractivity contribution is 0.584. The molecule has 3 rings (SSSR count). The lowest BCUT2D eigenvalue weighted by Crippen LogP contribution is -2.23. The van der Waals surface area contributed by atoms with Crippen LogP contribution in [-0.4, -0.2) is 26.0 Å². The van der Waals surface area contributed by atoms with E-state index in [9.17, 15) is 0 Å². The summed E-state index contributed by atoms with van der Waals surface area (Å²) in [6, 6.07) is 12.3. The number of fused-ring (bicyclic) bond motifs is 1. The summed E-state index contributed by atoms with van der Waals surface area (Å²) < 4.78 is 1.80. The second-order valence-corrected chi connectivity index (χ2v) is 5.01. The fraction of sp³-hybridized carbons (Fsp3) is 0.267. The van der Waals surface area contributed by atoms with Crippen LogP contribution in [0.2, 0.25) is 0 Å². The number of hydrogen-bond donors (Lipinski definition) is 1. The van der Waals surface area contributed by atoms with Crippen molar-refractivity contribution in [2.75, 3.05) is 0 Å². The quantitative estimate of drug-likeness (QED) is 0.788. The third-order valence-electron chi connectivity index (χ3n) is 3.12. The highest BCUT2D eigenvalue weighted by Crippen LogP contribution is 2.17. The third-order valence-corrected chi connectivity index (χ3v) is 3.12. The Kier molecular flexibility index (Phi) is 3.43. The summed E-state index contributed by atoms with van der Waals surface area (Å²) >= 11 is 0. The first kappa shape index (κ1) is 12.7. The molecule has 0 fully saturated rings. The maximum Gasteiger partial charge on any atom is 0.160 e. The average Bonchev–Trinajstić information content (AvgIpc) is 2.89. The van der Waals surface area contributed by atoms with Gasteiger partial charge in [0.05, 0.1) is 5.52 Å². The normalized spacial score (nSPS) is 11.3. The van der Waals surface area contributed by atoms with E-state index >= 15 is 0 Å². The van der Waals surface area contributed by atoms with Gasteiger partial charge < -0.3 is 5.32 Å². The Morgan fingerprint density at radius 1 is 1.15 bits per heavy atom. The molecule has 1 N–H and O–H groups in total. The highest BCUT2D eigenvalue weighted by atomic mass is 15.4. The summed E-state index contributed by atoms with van der Waals surface area (Å²) in [6.07, 6.45) is 1.78. The zero-order valence-corrected chi connectivity index (χ0v) is 11.6. The molecule has 0 unspecified atom stereocenters. The van der Waals surface area contributed by atoms with E-state index in [1.165, 1.54) is 0 Å². The van der Waals surface area contributed by atoms with Crippen LogP contribution >= 0.6 is 0 Å². The van der Waals surface area contributed by atoms with Crippen LogP contribution in [0.5, 0.6) is 0 Å². The Bertz CT molecular complexity index is 717. The Hall–Kier alpha value is -2.27. The largest absolute Gasteiger partial charge is 0.310 e. The van der Waals surface area contributed by atoms with Crippen molar-refractivity contribution in [3.05, 3.63) is 48.2 Å². The van der Waals surface area contributed by atoms with E-state index in [0.717, 1.165) is 29.0 Å². The Morgan fingerprint density at radius 3 is 2.85 bits per heavy atom. The summed E-state index contributed by atoms with van der Waals surface area (Å²) in [5, 5.41) is 11.8. The Balaban J connectivity index is 2.05. The van der Waals surface area contributed by atoms with E-state index in [1.54, 1.807) is 10.9 Å². The zero-order chi connectivity index (χ0) is 13.9. The first-order valence-electron chi connectivity index (χ1n) is 6.74. The van der Waals surface area contributed by atoms with E-state index in [4.69, 9.17) is 0 Å². The molecule has 0 aliphatic carbocycles. The van der Waals surface area contributed by atoms with E-state index in [-0.39, 0.29) is 0 Å². The molecule has 2 heterocycles. The zero-order valence-electron chi connectivity index (χ0n) is 11.6. The van der Waals surface area contributed by atoms with Crippen LogP contribution in [0.15, 0.2) is 42.6 Å². The Labute approximate surface area is 117 Å². The van der Waals surface area contributed by atoms with Gasteiger partial charge in [0, 0.05) is 24.3 Å². The molecule has 5 nitrogen and oxygen atoms in total. The summed E-state index contributed by atoms with van der Waals surface area (Å²) in [5.41, 5.74) is 2.95. The topological polar surface area (TPSA) is 55.6 Å². The number of aromatic nitrogens is 4. The molecule has 0 atom stereocenters. The molecule has 0 amide bonds. The van der Waals surface area contributed by atoms with E-state index in [1.807, 2.05) is 30.3 Å². The van der Waals surface area contributed by atoms with Gasteiger partial charge in [0.2, 0.25) is 0 Å². The lowest BCUT2D eigenvalue weighted by Gasteiger charge is -2.11. The molecule has 0 aliphatic rings. The van der Waals surface area contributed by atoms with Crippen LogP contribution in [0.3, 0.4) is 0 Å². The van der Waals surface area contributed by atoms with E-state index in [0.29, 0.717) is 6.04 Å². The van der Waals surface area contributed by atoms with Crippen molar-refractivity contribution in [1.82, 2.24) is 25.3 Å². The van der Waals surface area contributed by atoms with Crippen molar-refractivity contribution in [2.24, 2.45) is 0 Å². The lowest BCUT2D eigenvalue weighted by atomic mass is 10.2. The minimum atomic E-state index is 0.426. The summed E-state index contributed by atoms with van der Waals surface area (Å²) in [6.45, 7) is 5.01. The molecule has 3 aromatic rings. The number of benzene rings is 1. The number of nitrogens with zero attached hydrogens (tertiary/aromatic N) is 4. The van der Waals surface area contributed by atoms with Crippen molar-refractivity contribution in [3.8, 4) is 5.82 Å². The van der Waals surface area contributed by atoms with Crippen LogP contribution in [0, 0.1) is 0 Å². The van der Waals surface area contributed by atoms with Crippen LogP contribution in [0.4, 0.5) is 0 Å². The van der Waals surface area contributed by atoms with Crippen molar-refractivity contribution in [1.29, 1.82) is 0 Å². The summed E-state index contributed by atoms with van der Waals surface area (Å²) in [4.78, 5) is 4.47. The van der Waals surface area contributed by atoms with Gasteiger partial charge in [-0.3, -0.25) is 0 Å².